The number of rotatable bonds is 7. The highest BCUT2D eigenvalue weighted by Crippen LogP contribution is 2.63. The minimum Gasteiger partial charge on any atom is -0.393 e. The summed E-state index contributed by atoms with van der Waals surface area (Å²) in [7, 11) is 0. The second-order valence-corrected chi connectivity index (χ2v) is 13.2. The Hall–Kier alpha value is -1.80. The summed E-state index contributed by atoms with van der Waals surface area (Å²) < 4.78 is 127. The van der Waals surface area contributed by atoms with Gasteiger partial charge >= 0.3 is 18.0 Å². The molecule has 0 aromatic heterocycles. The van der Waals surface area contributed by atoms with Gasteiger partial charge in [0.25, 0.3) is 0 Å². The van der Waals surface area contributed by atoms with Crippen molar-refractivity contribution in [1.29, 1.82) is 0 Å². The van der Waals surface area contributed by atoms with Crippen molar-refractivity contribution in [2.75, 3.05) is 0 Å². The normalized spacial score (nSPS) is 35.0. The molecule has 3 fully saturated rings. The Morgan fingerprint density at radius 1 is 1.05 bits per heavy atom. The van der Waals surface area contributed by atoms with Crippen molar-refractivity contribution in [3.8, 4) is 11.8 Å². The second kappa shape index (κ2) is 12.5. The van der Waals surface area contributed by atoms with Crippen LogP contribution in [0.3, 0.4) is 0 Å². The summed E-state index contributed by atoms with van der Waals surface area (Å²) in [6.07, 6.45) is -8.20. The summed E-state index contributed by atoms with van der Waals surface area (Å²) in [5.41, 5.74) is -7.89. The van der Waals surface area contributed by atoms with Gasteiger partial charge in [0.1, 0.15) is 0 Å². The highest BCUT2D eigenvalue weighted by Gasteiger charge is 2.70. The molecule has 0 heterocycles. The largest absolute Gasteiger partial charge is 0.438 e. The Kier molecular flexibility index (Phi) is 8.02. The van der Waals surface area contributed by atoms with Gasteiger partial charge in [-0.15, -0.1) is 0 Å². The molecule has 0 aromatic rings. The molecule has 3 aliphatic rings. The highest BCUT2D eigenvalue weighted by molar-refractivity contribution is 5.39. The van der Waals surface area contributed by atoms with E-state index in [1.54, 1.807) is 6.92 Å². The van der Waals surface area contributed by atoms with Crippen LogP contribution in [0.25, 0.3) is 0 Å². The molecule has 10 heteroatoms. The van der Waals surface area contributed by atoms with E-state index in [0.29, 0.717) is 49.7 Å². The molecular formula is C33H46F6O4. The molecule has 0 radical (unpaired) electrons. The summed E-state index contributed by atoms with van der Waals surface area (Å²) in [5, 5.41) is 40.9. The van der Waals surface area contributed by atoms with E-state index in [1.807, 2.05) is 25.0 Å². The van der Waals surface area contributed by atoms with E-state index in [1.165, 1.54) is 0 Å². The predicted molar refractivity (Wildman–Crippen MR) is 152 cm³/mol. The minimum atomic E-state index is -6.15. The number of hydrogen-bond donors (Lipinski definition) is 4. The molecule has 244 valence electrons. The van der Waals surface area contributed by atoms with Crippen molar-refractivity contribution in [1.82, 2.24) is 0 Å². The molecule has 0 bridgehead atoms. The molecule has 3 rings (SSSR count). The molecule has 3 aliphatic carbocycles. The van der Waals surface area contributed by atoms with Gasteiger partial charge < -0.3 is 20.4 Å². The third-order valence-corrected chi connectivity index (χ3v) is 9.94. The van der Waals surface area contributed by atoms with Crippen molar-refractivity contribution in [2.45, 2.75) is 134 Å². The van der Waals surface area contributed by atoms with Crippen LogP contribution in [-0.4, -0.2) is 56.2 Å². The molecule has 0 aromatic carbocycles. The number of aliphatic hydroxyl groups is 4. The predicted octanol–water partition coefficient (Wildman–Crippen LogP) is 7.32. The fraction of sp³-hybridized carbons (Fsp3) is 0.758. The Balaban J connectivity index is 2.03. The number of halogens is 6. The van der Waals surface area contributed by atoms with Gasteiger partial charge in [0.05, 0.1) is 17.8 Å². The Bertz CT molecular complexity index is 1330. The lowest BCUT2D eigenvalue weighted by atomic mass is 9.55. The third-order valence-electron chi connectivity index (χ3n) is 9.94. The molecule has 0 unspecified atom stereocenters. The van der Waals surface area contributed by atoms with E-state index in [-0.39, 0.29) is 31.1 Å². The highest BCUT2D eigenvalue weighted by atomic mass is 19.4. The van der Waals surface area contributed by atoms with Gasteiger partial charge in [0, 0.05) is 21.1 Å². The third kappa shape index (κ3) is 7.71. The van der Waals surface area contributed by atoms with Gasteiger partial charge in [-0.3, -0.25) is 0 Å². The molecule has 6 atom stereocenters. The van der Waals surface area contributed by atoms with Gasteiger partial charge in [-0.25, -0.2) is 0 Å². The number of fused-ring (bicyclic) bond motifs is 1. The molecule has 0 spiro atoms. The standard InChI is InChI=1S/C33H46F6O4/c1-21-23(19-24(40)20-26(21)41)11-10-22-9-6-17-30(5)25(22)12-13-27(30)29(4,15-7-14-28(2,3)42)16-8-18-31(43,32(34,35)36)33(37,38)39/h10-11,24-27,40-43H,1,6-7,9,12-17,19-20H2,2-5H3/b22-10+,23-11-/t24-,25+,26+,27-,29-,30+/m1/s1/i2D3,3D3. The van der Waals surface area contributed by atoms with Crippen LogP contribution >= 0.6 is 0 Å². The lowest BCUT2D eigenvalue weighted by molar-refractivity contribution is -0.343. The van der Waals surface area contributed by atoms with E-state index in [0.717, 1.165) is 11.5 Å². The second-order valence-electron chi connectivity index (χ2n) is 13.2. The topological polar surface area (TPSA) is 80.9 Å². The van der Waals surface area contributed by atoms with Crippen LogP contribution in [0, 0.1) is 34.5 Å². The Morgan fingerprint density at radius 2 is 1.70 bits per heavy atom. The van der Waals surface area contributed by atoms with E-state index in [2.05, 4.69) is 6.58 Å². The summed E-state index contributed by atoms with van der Waals surface area (Å²) in [5.74, 6) is 2.54. The lowest BCUT2D eigenvalue weighted by Crippen LogP contribution is -2.55. The average molecular weight is 627 g/mol. The quantitative estimate of drug-likeness (QED) is 0.176. The van der Waals surface area contributed by atoms with Crippen molar-refractivity contribution >= 4 is 0 Å². The maximum atomic E-state index is 13.4. The van der Waals surface area contributed by atoms with Crippen molar-refractivity contribution in [2.24, 2.45) is 22.7 Å². The van der Waals surface area contributed by atoms with Crippen LogP contribution in [0.15, 0.2) is 35.5 Å². The SMILES string of the molecule is [2H]C([2H])([2H])C(O)(CCC[C@](C)(CC#CC(O)(C(F)(F)F)C(F)(F)F)[C@H]1CC[C@H]2/C(=C/C=C3/C[C@@H](O)C[C@H](O)C3=C)CCC[C@]12C)C([2H])([2H])[2H]. The fourth-order valence-corrected chi connectivity index (χ4v) is 7.66. The van der Waals surface area contributed by atoms with Crippen LogP contribution in [0.5, 0.6) is 0 Å². The minimum absolute atomic E-state index is 0.0638. The molecule has 0 aliphatic heterocycles. The zero-order chi connectivity index (χ0) is 37.6. The molecule has 4 nitrogen and oxygen atoms in total. The smallest absolute Gasteiger partial charge is 0.393 e. The van der Waals surface area contributed by atoms with Crippen LogP contribution in [0.1, 0.15) is 106 Å². The van der Waals surface area contributed by atoms with Crippen LogP contribution in [0.2, 0.25) is 0 Å². The van der Waals surface area contributed by atoms with E-state index in [4.69, 9.17) is 8.22 Å². The number of hydrogen-bond acceptors (Lipinski definition) is 4. The van der Waals surface area contributed by atoms with Crippen molar-refractivity contribution < 1.29 is 55.0 Å². The van der Waals surface area contributed by atoms with Crippen LogP contribution in [0.4, 0.5) is 26.3 Å². The van der Waals surface area contributed by atoms with Gasteiger partial charge in [0.2, 0.25) is 0 Å². The molecule has 0 amide bonds. The molecule has 3 saturated carbocycles. The first-order chi connectivity index (χ1) is 22.0. The van der Waals surface area contributed by atoms with E-state index in [9.17, 15) is 46.8 Å². The molecular weight excluding hydrogens is 574 g/mol. The van der Waals surface area contributed by atoms with Gasteiger partial charge in [-0.2, -0.15) is 26.3 Å². The van der Waals surface area contributed by atoms with E-state index < -0.39 is 73.1 Å². The van der Waals surface area contributed by atoms with Gasteiger partial charge in [-0.1, -0.05) is 50.5 Å². The maximum absolute atomic E-state index is 13.4. The van der Waals surface area contributed by atoms with Gasteiger partial charge in [-0.05, 0) is 105 Å². The number of alkyl halides is 6. The number of allylic oxidation sites excluding steroid dienone is 3. The summed E-state index contributed by atoms with van der Waals surface area (Å²) >= 11 is 0. The molecule has 0 saturated heterocycles. The fourth-order valence-electron chi connectivity index (χ4n) is 7.66. The first-order valence-corrected chi connectivity index (χ1v) is 14.6. The van der Waals surface area contributed by atoms with E-state index >= 15 is 0 Å². The lowest BCUT2D eigenvalue weighted by Gasteiger charge is -2.49. The van der Waals surface area contributed by atoms with Crippen molar-refractivity contribution in [3.63, 3.8) is 0 Å². The zero-order valence-corrected chi connectivity index (χ0v) is 24.5. The monoisotopic (exact) mass is 626 g/mol. The van der Waals surface area contributed by atoms with Crippen LogP contribution < -0.4 is 0 Å². The Morgan fingerprint density at radius 3 is 2.30 bits per heavy atom. The van der Waals surface area contributed by atoms with Crippen molar-refractivity contribution in [3.05, 3.63) is 35.5 Å². The Labute approximate surface area is 259 Å². The maximum Gasteiger partial charge on any atom is 0.438 e. The number of aliphatic hydroxyl groups excluding tert-OH is 2. The first kappa shape index (κ1) is 27.5. The van der Waals surface area contributed by atoms with Gasteiger partial charge in [0.15, 0.2) is 0 Å². The molecule has 43 heavy (non-hydrogen) atoms. The summed E-state index contributed by atoms with van der Waals surface area (Å²) in [4.78, 5) is 0. The average Bonchev–Trinajstić information content (AvgIpc) is 3.29. The zero-order valence-electron chi connectivity index (χ0n) is 30.5. The summed E-state index contributed by atoms with van der Waals surface area (Å²) in [6.45, 7) is 0.891. The molecule has 4 N–H and O–H groups in total. The first-order valence-electron chi connectivity index (χ1n) is 17.6. The summed E-state index contributed by atoms with van der Waals surface area (Å²) in [6, 6.07) is 0. The van der Waals surface area contributed by atoms with Crippen LogP contribution in [-0.2, 0) is 0 Å².